The minimum atomic E-state index is 0.0729. The molecule has 1 aromatic carbocycles. The molecule has 2 unspecified atom stereocenters. The number of nitrogens with one attached hydrogen (secondary N) is 1. The highest BCUT2D eigenvalue weighted by atomic mass is 16.1. The van der Waals surface area contributed by atoms with Crippen molar-refractivity contribution in [1.29, 1.82) is 0 Å². The fraction of sp³-hybridized carbons (Fsp3) is 0.417. The van der Waals surface area contributed by atoms with Crippen LogP contribution in [0.4, 0.5) is 0 Å². The zero-order valence-electron chi connectivity index (χ0n) is 8.36. The molecule has 1 fully saturated rings. The number of hydrogen-bond acceptors (Lipinski definition) is 1. The summed E-state index contributed by atoms with van der Waals surface area (Å²) >= 11 is 0. The van der Waals surface area contributed by atoms with E-state index in [2.05, 4.69) is 29.6 Å². The molecule has 0 bridgehead atoms. The molecule has 1 saturated carbocycles. The van der Waals surface area contributed by atoms with E-state index in [0.717, 1.165) is 6.54 Å². The molecule has 1 amide bonds. The third-order valence-corrected chi connectivity index (χ3v) is 2.76. The molecule has 0 radical (unpaired) electrons. The van der Waals surface area contributed by atoms with Gasteiger partial charge < -0.3 is 5.32 Å². The molecule has 1 N–H and O–H groups in total. The molecule has 0 spiro atoms. The fourth-order valence-corrected chi connectivity index (χ4v) is 1.86. The van der Waals surface area contributed by atoms with Gasteiger partial charge in [-0.25, -0.2) is 0 Å². The van der Waals surface area contributed by atoms with Gasteiger partial charge in [0.25, 0.3) is 0 Å². The number of carbonyl (C=O) groups excluding carboxylic acids is 1. The Bertz CT molecular complexity index is 320. The Balaban J connectivity index is 1.85. The third-order valence-electron chi connectivity index (χ3n) is 2.76. The summed E-state index contributed by atoms with van der Waals surface area (Å²) in [7, 11) is 0. The van der Waals surface area contributed by atoms with Crippen molar-refractivity contribution >= 4 is 5.91 Å². The second-order valence-corrected chi connectivity index (χ2v) is 3.95. The van der Waals surface area contributed by atoms with E-state index in [0.29, 0.717) is 11.8 Å². The van der Waals surface area contributed by atoms with Crippen LogP contribution in [0.5, 0.6) is 0 Å². The van der Waals surface area contributed by atoms with Gasteiger partial charge in [-0.15, -0.1) is 0 Å². The van der Waals surface area contributed by atoms with Crippen molar-refractivity contribution in [2.24, 2.45) is 5.92 Å². The molecule has 0 aliphatic heterocycles. The van der Waals surface area contributed by atoms with Gasteiger partial charge >= 0.3 is 0 Å². The van der Waals surface area contributed by atoms with Crippen LogP contribution in [-0.4, -0.2) is 12.5 Å². The molecule has 0 aromatic heterocycles. The SMILES string of the molecule is CC(=O)NCC1CC1c1ccccc1. The minimum Gasteiger partial charge on any atom is -0.356 e. The van der Waals surface area contributed by atoms with Crippen molar-refractivity contribution in [3.05, 3.63) is 35.9 Å². The Morgan fingerprint density at radius 2 is 2.14 bits per heavy atom. The normalized spacial score (nSPS) is 24.4. The Morgan fingerprint density at radius 3 is 2.79 bits per heavy atom. The van der Waals surface area contributed by atoms with Crippen molar-refractivity contribution in [3.8, 4) is 0 Å². The first kappa shape index (κ1) is 9.25. The Labute approximate surface area is 84.3 Å². The molecular weight excluding hydrogens is 174 g/mol. The lowest BCUT2D eigenvalue weighted by Crippen LogP contribution is -2.22. The smallest absolute Gasteiger partial charge is 0.216 e. The van der Waals surface area contributed by atoms with Gasteiger partial charge in [-0.3, -0.25) is 4.79 Å². The monoisotopic (exact) mass is 189 g/mol. The van der Waals surface area contributed by atoms with E-state index in [1.807, 2.05) is 6.07 Å². The number of rotatable bonds is 3. The lowest BCUT2D eigenvalue weighted by Gasteiger charge is -2.01. The maximum absolute atomic E-state index is 10.7. The average Bonchev–Trinajstić information content (AvgIpc) is 2.95. The highest BCUT2D eigenvalue weighted by molar-refractivity contribution is 5.72. The van der Waals surface area contributed by atoms with Crippen LogP contribution >= 0.6 is 0 Å². The van der Waals surface area contributed by atoms with E-state index >= 15 is 0 Å². The molecule has 14 heavy (non-hydrogen) atoms. The first-order valence-corrected chi connectivity index (χ1v) is 5.07. The maximum Gasteiger partial charge on any atom is 0.216 e. The van der Waals surface area contributed by atoms with Crippen LogP contribution in [0, 0.1) is 5.92 Å². The van der Waals surface area contributed by atoms with E-state index in [1.165, 1.54) is 12.0 Å². The van der Waals surface area contributed by atoms with Crippen molar-refractivity contribution in [3.63, 3.8) is 0 Å². The molecule has 2 rings (SSSR count). The summed E-state index contributed by atoms with van der Waals surface area (Å²) in [5.41, 5.74) is 1.41. The Kier molecular flexibility index (Phi) is 2.53. The predicted octanol–water partition coefficient (Wildman–Crippen LogP) is 1.93. The lowest BCUT2D eigenvalue weighted by atomic mass is 10.1. The first-order valence-electron chi connectivity index (χ1n) is 5.07. The molecule has 1 aliphatic carbocycles. The summed E-state index contributed by atoms with van der Waals surface area (Å²) < 4.78 is 0. The summed E-state index contributed by atoms with van der Waals surface area (Å²) in [4.78, 5) is 10.7. The lowest BCUT2D eigenvalue weighted by molar-refractivity contribution is -0.119. The van der Waals surface area contributed by atoms with Crippen molar-refractivity contribution in [2.45, 2.75) is 19.3 Å². The summed E-state index contributed by atoms with van der Waals surface area (Å²) in [6.07, 6.45) is 1.21. The van der Waals surface area contributed by atoms with E-state index in [4.69, 9.17) is 0 Å². The summed E-state index contributed by atoms with van der Waals surface area (Å²) in [5, 5.41) is 2.87. The number of hydrogen-bond donors (Lipinski definition) is 1. The first-order chi connectivity index (χ1) is 6.77. The quantitative estimate of drug-likeness (QED) is 0.773. The van der Waals surface area contributed by atoms with Gasteiger partial charge in [0.2, 0.25) is 5.91 Å². The van der Waals surface area contributed by atoms with Crippen LogP contribution in [0.3, 0.4) is 0 Å². The highest BCUT2D eigenvalue weighted by Crippen LogP contribution is 2.46. The van der Waals surface area contributed by atoms with Crippen LogP contribution in [0.25, 0.3) is 0 Å². The van der Waals surface area contributed by atoms with Gasteiger partial charge in [-0.1, -0.05) is 30.3 Å². The maximum atomic E-state index is 10.7. The molecule has 1 aliphatic rings. The van der Waals surface area contributed by atoms with Gasteiger partial charge in [0.05, 0.1) is 0 Å². The van der Waals surface area contributed by atoms with Crippen molar-refractivity contribution < 1.29 is 4.79 Å². The van der Waals surface area contributed by atoms with Crippen LogP contribution in [0.1, 0.15) is 24.8 Å². The van der Waals surface area contributed by atoms with E-state index in [9.17, 15) is 4.79 Å². The highest BCUT2D eigenvalue weighted by Gasteiger charge is 2.37. The molecule has 0 saturated heterocycles. The third kappa shape index (κ3) is 2.13. The Morgan fingerprint density at radius 1 is 1.43 bits per heavy atom. The van der Waals surface area contributed by atoms with Gasteiger partial charge in [0.1, 0.15) is 0 Å². The zero-order valence-corrected chi connectivity index (χ0v) is 8.36. The molecule has 0 heterocycles. The summed E-state index contributed by atoms with van der Waals surface area (Å²) in [6, 6.07) is 10.5. The molecule has 2 heteroatoms. The number of amides is 1. The van der Waals surface area contributed by atoms with E-state index < -0.39 is 0 Å². The van der Waals surface area contributed by atoms with Crippen LogP contribution in [-0.2, 0) is 4.79 Å². The van der Waals surface area contributed by atoms with Gasteiger partial charge in [0.15, 0.2) is 0 Å². The van der Waals surface area contributed by atoms with Gasteiger partial charge in [-0.05, 0) is 23.8 Å². The fourth-order valence-electron chi connectivity index (χ4n) is 1.86. The largest absolute Gasteiger partial charge is 0.356 e. The van der Waals surface area contributed by atoms with Gasteiger partial charge in [0, 0.05) is 13.5 Å². The van der Waals surface area contributed by atoms with Crippen LogP contribution in [0.15, 0.2) is 30.3 Å². The van der Waals surface area contributed by atoms with Crippen molar-refractivity contribution in [1.82, 2.24) is 5.32 Å². The molecule has 1 aromatic rings. The standard InChI is InChI=1S/C12H15NO/c1-9(14)13-8-11-7-12(11)10-5-3-2-4-6-10/h2-6,11-12H,7-8H2,1H3,(H,13,14). The van der Waals surface area contributed by atoms with Gasteiger partial charge in [-0.2, -0.15) is 0 Å². The van der Waals surface area contributed by atoms with Crippen molar-refractivity contribution in [2.75, 3.05) is 6.54 Å². The molecular formula is C12H15NO. The second kappa shape index (κ2) is 3.82. The van der Waals surface area contributed by atoms with E-state index in [-0.39, 0.29) is 5.91 Å². The second-order valence-electron chi connectivity index (χ2n) is 3.95. The van der Waals surface area contributed by atoms with E-state index in [1.54, 1.807) is 6.92 Å². The number of carbonyl (C=O) groups is 1. The minimum absolute atomic E-state index is 0.0729. The number of benzene rings is 1. The molecule has 2 atom stereocenters. The van der Waals surface area contributed by atoms with Crippen LogP contribution < -0.4 is 5.32 Å². The zero-order chi connectivity index (χ0) is 9.97. The Hall–Kier alpha value is -1.31. The predicted molar refractivity (Wildman–Crippen MR) is 56.0 cm³/mol. The molecule has 74 valence electrons. The average molecular weight is 189 g/mol. The molecule has 2 nitrogen and oxygen atoms in total. The summed E-state index contributed by atoms with van der Waals surface area (Å²) in [5.74, 6) is 1.40. The topological polar surface area (TPSA) is 29.1 Å². The summed E-state index contributed by atoms with van der Waals surface area (Å²) in [6.45, 7) is 2.40. The van der Waals surface area contributed by atoms with Crippen LogP contribution in [0.2, 0.25) is 0 Å².